The molecular weight excluding hydrogens is 270 g/mol. The normalized spacial score (nSPS) is 19.3. The van der Waals surface area contributed by atoms with E-state index in [1.165, 1.54) is 43.6 Å². The molecule has 1 N–H and O–H groups in total. The monoisotopic (exact) mass is 293 g/mol. The molecule has 2 aromatic rings. The molecule has 0 saturated heterocycles. The highest BCUT2D eigenvalue weighted by molar-refractivity contribution is 5.60. The Kier molecular flexibility index (Phi) is 3.49. The molecule has 0 spiro atoms. The molecule has 4 rings (SSSR count). The number of pyridine rings is 1. The molecule has 1 fully saturated rings. The van der Waals surface area contributed by atoms with Crippen molar-refractivity contribution < 1.29 is 0 Å². The van der Waals surface area contributed by atoms with Gasteiger partial charge in [-0.05, 0) is 31.9 Å². The molecule has 0 bridgehead atoms. The number of imidazole rings is 1. The van der Waals surface area contributed by atoms with Gasteiger partial charge in [0.2, 0.25) is 0 Å². The molecule has 0 amide bonds. The molecule has 3 heteroatoms. The Labute approximate surface area is 131 Å². The van der Waals surface area contributed by atoms with Crippen LogP contribution >= 0.6 is 0 Å². The van der Waals surface area contributed by atoms with Crippen molar-refractivity contribution in [2.75, 3.05) is 5.32 Å². The van der Waals surface area contributed by atoms with E-state index in [-0.39, 0.29) is 0 Å². The Bertz CT molecular complexity index is 720. The molecule has 22 heavy (non-hydrogen) atoms. The van der Waals surface area contributed by atoms with Gasteiger partial charge in [-0.3, -0.25) is 4.40 Å². The summed E-state index contributed by atoms with van der Waals surface area (Å²) < 4.78 is 2.28. The fourth-order valence-corrected chi connectivity index (χ4v) is 3.70. The van der Waals surface area contributed by atoms with E-state index in [9.17, 15) is 0 Å². The molecule has 0 radical (unpaired) electrons. The van der Waals surface area contributed by atoms with Crippen LogP contribution in [0.1, 0.15) is 49.4 Å². The first-order chi connectivity index (χ1) is 10.8. The maximum atomic E-state index is 4.92. The van der Waals surface area contributed by atoms with E-state index in [4.69, 9.17) is 4.98 Å². The van der Waals surface area contributed by atoms with Crippen LogP contribution in [0.4, 0.5) is 5.82 Å². The summed E-state index contributed by atoms with van der Waals surface area (Å²) in [5.41, 5.74) is 3.44. The van der Waals surface area contributed by atoms with Gasteiger partial charge in [0.15, 0.2) is 0 Å². The third kappa shape index (κ3) is 2.35. The summed E-state index contributed by atoms with van der Waals surface area (Å²) in [4.78, 5) is 4.92. The maximum Gasteiger partial charge on any atom is 0.138 e. The molecular formula is C19H23N3. The molecule has 2 aliphatic rings. The lowest BCUT2D eigenvalue weighted by atomic mass is 9.95. The van der Waals surface area contributed by atoms with Crippen LogP contribution in [0.2, 0.25) is 0 Å². The Morgan fingerprint density at radius 2 is 1.86 bits per heavy atom. The van der Waals surface area contributed by atoms with Crippen molar-refractivity contribution in [3.63, 3.8) is 0 Å². The molecule has 0 aromatic carbocycles. The van der Waals surface area contributed by atoms with Crippen molar-refractivity contribution in [1.82, 2.24) is 9.38 Å². The Hall–Kier alpha value is -2.03. The smallest absolute Gasteiger partial charge is 0.138 e. The van der Waals surface area contributed by atoms with Crippen LogP contribution in [-0.4, -0.2) is 15.4 Å². The summed E-state index contributed by atoms with van der Waals surface area (Å²) in [7, 11) is 0. The van der Waals surface area contributed by atoms with Gasteiger partial charge in [-0.2, -0.15) is 0 Å². The summed E-state index contributed by atoms with van der Waals surface area (Å²) in [6, 6.07) is 6.93. The number of rotatable bonds is 3. The SMILES string of the molecule is Cc1cccc2nc(C3C=CC=C3)c(NC3CCCCC3)n12. The first-order valence-electron chi connectivity index (χ1n) is 8.42. The van der Waals surface area contributed by atoms with Gasteiger partial charge in [0, 0.05) is 17.7 Å². The number of hydrogen-bond acceptors (Lipinski definition) is 2. The average molecular weight is 293 g/mol. The van der Waals surface area contributed by atoms with Crippen LogP contribution in [0.15, 0.2) is 42.5 Å². The standard InChI is InChI=1S/C19H23N3/c1-14-8-7-13-17-21-18(15-9-5-6-10-15)19(22(14)17)20-16-11-3-2-4-12-16/h5-10,13,15-16,20H,2-4,11-12H2,1H3. The summed E-state index contributed by atoms with van der Waals surface area (Å²) in [6.45, 7) is 2.16. The fraction of sp³-hybridized carbons (Fsp3) is 0.421. The van der Waals surface area contributed by atoms with E-state index in [1.807, 2.05) is 0 Å². The first-order valence-corrected chi connectivity index (χ1v) is 8.42. The molecule has 2 aromatic heterocycles. The van der Waals surface area contributed by atoms with Gasteiger partial charge >= 0.3 is 0 Å². The topological polar surface area (TPSA) is 29.3 Å². The Morgan fingerprint density at radius 1 is 1.09 bits per heavy atom. The second-order valence-corrected chi connectivity index (χ2v) is 6.48. The van der Waals surface area contributed by atoms with Crippen molar-refractivity contribution in [3.8, 4) is 0 Å². The minimum Gasteiger partial charge on any atom is -0.367 e. The van der Waals surface area contributed by atoms with E-state index in [2.05, 4.69) is 59.1 Å². The lowest BCUT2D eigenvalue weighted by Gasteiger charge is -2.24. The highest BCUT2D eigenvalue weighted by Crippen LogP contribution is 2.32. The quantitative estimate of drug-likeness (QED) is 0.896. The highest BCUT2D eigenvalue weighted by Gasteiger charge is 2.22. The number of nitrogens with one attached hydrogen (secondary N) is 1. The lowest BCUT2D eigenvalue weighted by molar-refractivity contribution is 0.461. The van der Waals surface area contributed by atoms with E-state index in [0.717, 1.165) is 11.3 Å². The summed E-state index contributed by atoms with van der Waals surface area (Å²) in [5.74, 6) is 1.49. The third-order valence-electron chi connectivity index (χ3n) is 4.88. The second-order valence-electron chi connectivity index (χ2n) is 6.48. The molecule has 0 unspecified atom stereocenters. The van der Waals surface area contributed by atoms with Crippen LogP contribution in [0.3, 0.4) is 0 Å². The van der Waals surface area contributed by atoms with Gasteiger partial charge in [0.1, 0.15) is 11.5 Å². The van der Waals surface area contributed by atoms with Gasteiger partial charge in [-0.1, -0.05) is 49.6 Å². The zero-order valence-corrected chi connectivity index (χ0v) is 13.1. The second kappa shape index (κ2) is 5.64. The van der Waals surface area contributed by atoms with Gasteiger partial charge < -0.3 is 5.32 Å². The molecule has 1 saturated carbocycles. The summed E-state index contributed by atoms with van der Waals surface area (Å²) >= 11 is 0. The van der Waals surface area contributed by atoms with E-state index < -0.39 is 0 Å². The van der Waals surface area contributed by atoms with Crippen LogP contribution in [0, 0.1) is 6.92 Å². The largest absolute Gasteiger partial charge is 0.367 e. The Morgan fingerprint density at radius 3 is 2.64 bits per heavy atom. The molecule has 2 aliphatic carbocycles. The van der Waals surface area contributed by atoms with Crippen molar-refractivity contribution in [3.05, 3.63) is 53.9 Å². The number of fused-ring (bicyclic) bond motifs is 1. The predicted molar refractivity (Wildman–Crippen MR) is 91.4 cm³/mol. The zero-order valence-electron chi connectivity index (χ0n) is 13.1. The van der Waals surface area contributed by atoms with E-state index in [0.29, 0.717) is 12.0 Å². The van der Waals surface area contributed by atoms with Gasteiger partial charge in [-0.25, -0.2) is 4.98 Å². The highest BCUT2D eigenvalue weighted by atomic mass is 15.2. The molecule has 2 heterocycles. The molecule has 0 aliphatic heterocycles. The molecule has 114 valence electrons. The average Bonchev–Trinajstić information content (AvgIpc) is 3.17. The van der Waals surface area contributed by atoms with Crippen molar-refractivity contribution in [1.29, 1.82) is 0 Å². The molecule has 0 atom stereocenters. The summed E-state index contributed by atoms with van der Waals surface area (Å²) in [6.07, 6.45) is 15.3. The number of aromatic nitrogens is 2. The summed E-state index contributed by atoms with van der Waals surface area (Å²) in [5, 5.41) is 3.82. The number of nitrogens with zero attached hydrogens (tertiary/aromatic N) is 2. The number of hydrogen-bond donors (Lipinski definition) is 1. The number of anilines is 1. The van der Waals surface area contributed by atoms with Gasteiger partial charge in [0.05, 0.1) is 5.69 Å². The van der Waals surface area contributed by atoms with Gasteiger partial charge in [0.25, 0.3) is 0 Å². The van der Waals surface area contributed by atoms with Crippen molar-refractivity contribution >= 4 is 11.5 Å². The fourth-order valence-electron chi connectivity index (χ4n) is 3.70. The van der Waals surface area contributed by atoms with Crippen LogP contribution < -0.4 is 5.32 Å². The minimum atomic E-state index is 0.297. The van der Waals surface area contributed by atoms with Crippen LogP contribution in [0.5, 0.6) is 0 Å². The first kappa shape index (κ1) is 13.6. The number of aryl methyl sites for hydroxylation is 1. The van der Waals surface area contributed by atoms with Crippen LogP contribution in [0.25, 0.3) is 5.65 Å². The van der Waals surface area contributed by atoms with Crippen molar-refractivity contribution in [2.24, 2.45) is 0 Å². The van der Waals surface area contributed by atoms with Crippen LogP contribution in [-0.2, 0) is 0 Å². The van der Waals surface area contributed by atoms with E-state index >= 15 is 0 Å². The predicted octanol–water partition coefficient (Wildman–Crippen LogP) is 4.60. The minimum absolute atomic E-state index is 0.297. The Balaban J connectivity index is 1.79. The lowest BCUT2D eigenvalue weighted by Crippen LogP contribution is -2.24. The third-order valence-corrected chi connectivity index (χ3v) is 4.88. The maximum absolute atomic E-state index is 4.92. The van der Waals surface area contributed by atoms with E-state index in [1.54, 1.807) is 0 Å². The van der Waals surface area contributed by atoms with Crippen molar-refractivity contribution in [2.45, 2.75) is 51.0 Å². The number of allylic oxidation sites excluding steroid dienone is 4. The zero-order chi connectivity index (χ0) is 14.9. The van der Waals surface area contributed by atoms with Gasteiger partial charge in [-0.15, -0.1) is 0 Å². The molecule has 3 nitrogen and oxygen atoms in total.